The summed E-state index contributed by atoms with van der Waals surface area (Å²) in [6, 6.07) is 7.63. The van der Waals surface area contributed by atoms with Gasteiger partial charge < -0.3 is 4.74 Å². The van der Waals surface area contributed by atoms with E-state index in [1.165, 1.54) is 6.07 Å². The second-order valence-electron chi connectivity index (χ2n) is 6.22. The SMILES string of the molecule is O=S(=O)(NCC1(c2cccs2)CCOCC1)c1cccc(C(F)(F)F)c1. The number of nitrogens with one attached hydrogen (secondary N) is 1. The minimum atomic E-state index is -4.59. The number of hydrogen-bond acceptors (Lipinski definition) is 4. The van der Waals surface area contributed by atoms with E-state index in [0.717, 1.165) is 17.0 Å². The molecule has 1 aromatic heterocycles. The Labute approximate surface area is 154 Å². The average Bonchev–Trinajstić information content (AvgIpc) is 3.16. The van der Waals surface area contributed by atoms with Gasteiger partial charge in [-0.25, -0.2) is 13.1 Å². The summed E-state index contributed by atoms with van der Waals surface area (Å²) in [6.07, 6.45) is -3.29. The third-order valence-electron chi connectivity index (χ3n) is 4.57. The summed E-state index contributed by atoms with van der Waals surface area (Å²) in [4.78, 5) is 0.660. The number of benzene rings is 1. The lowest BCUT2D eigenvalue weighted by Gasteiger charge is -2.36. The van der Waals surface area contributed by atoms with E-state index >= 15 is 0 Å². The van der Waals surface area contributed by atoms with Crippen LogP contribution in [0.4, 0.5) is 13.2 Å². The van der Waals surface area contributed by atoms with Crippen molar-refractivity contribution in [3.63, 3.8) is 0 Å². The molecule has 1 fully saturated rings. The molecule has 2 heterocycles. The molecule has 0 spiro atoms. The molecule has 0 radical (unpaired) electrons. The van der Waals surface area contributed by atoms with Crippen LogP contribution < -0.4 is 4.72 Å². The maximum Gasteiger partial charge on any atom is 0.416 e. The smallest absolute Gasteiger partial charge is 0.381 e. The number of hydrogen-bond donors (Lipinski definition) is 1. The van der Waals surface area contributed by atoms with E-state index in [2.05, 4.69) is 4.72 Å². The van der Waals surface area contributed by atoms with E-state index in [1.807, 2.05) is 17.5 Å². The molecule has 1 N–H and O–H groups in total. The van der Waals surface area contributed by atoms with Gasteiger partial charge in [-0.05, 0) is 42.5 Å². The van der Waals surface area contributed by atoms with E-state index in [1.54, 1.807) is 11.3 Å². The predicted molar refractivity (Wildman–Crippen MR) is 92.7 cm³/mol. The highest BCUT2D eigenvalue weighted by Gasteiger charge is 2.37. The number of rotatable bonds is 5. The van der Waals surface area contributed by atoms with Crippen molar-refractivity contribution in [2.45, 2.75) is 29.3 Å². The fraction of sp³-hybridized carbons (Fsp3) is 0.412. The minimum Gasteiger partial charge on any atom is -0.381 e. The predicted octanol–water partition coefficient (Wildman–Crippen LogP) is 3.79. The zero-order valence-electron chi connectivity index (χ0n) is 13.8. The second-order valence-corrected chi connectivity index (χ2v) is 8.93. The van der Waals surface area contributed by atoms with E-state index in [0.29, 0.717) is 32.1 Å². The minimum absolute atomic E-state index is 0.120. The van der Waals surface area contributed by atoms with Crippen molar-refractivity contribution in [2.24, 2.45) is 0 Å². The Morgan fingerprint density at radius 3 is 2.50 bits per heavy atom. The second kappa shape index (κ2) is 7.30. The van der Waals surface area contributed by atoms with Gasteiger partial charge in [0.05, 0.1) is 10.5 Å². The summed E-state index contributed by atoms with van der Waals surface area (Å²) in [6.45, 7) is 1.15. The van der Waals surface area contributed by atoms with Gasteiger partial charge in [0.1, 0.15) is 0 Å². The van der Waals surface area contributed by atoms with Gasteiger partial charge in [-0.15, -0.1) is 11.3 Å². The molecule has 1 saturated heterocycles. The van der Waals surface area contributed by atoms with Crippen molar-refractivity contribution < 1.29 is 26.3 Å². The highest BCUT2D eigenvalue weighted by molar-refractivity contribution is 7.89. The molecule has 26 heavy (non-hydrogen) atoms. The van der Waals surface area contributed by atoms with Crippen LogP contribution in [-0.4, -0.2) is 28.2 Å². The Hall–Kier alpha value is -1.42. The van der Waals surface area contributed by atoms with Crippen molar-refractivity contribution in [3.05, 3.63) is 52.2 Å². The Bertz CT molecular complexity index is 842. The summed E-state index contributed by atoms with van der Waals surface area (Å²) < 4.78 is 71.6. The van der Waals surface area contributed by atoms with Crippen molar-refractivity contribution in [2.75, 3.05) is 19.8 Å². The monoisotopic (exact) mass is 405 g/mol. The first-order valence-corrected chi connectivity index (χ1v) is 10.4. The zero-order valence-corrected chi connectivity index (χ0v) is 15.4. The van der Waals surface area contributed by atoms with Crippen LogP contribution in [0.2, 0.25) is 0 Å². The van der Waals surface area contributed by atoms with Gasteiger partial charge in [0.2, 0.25) is 10.0 Å². The number of sulfonamides is 1. The largest absolute Gasteiger partial charge is 0.416 e. The fourth-order valence-electron chi connectivity index (χ4n) is 3.01. The molecule has 2 aromatic rings. The fourth-order valence-corrected chi connectivity index (χ4v) is 5.17. The molecule has 9 heteroatoms. The molecule has 1 aromatic carbocycles. The summed E-state index contributed by atoms with van der Waals surface area (Å²) >= 11 is 1.54. The molecule has 3 rings (SSSR count). The van der Waals surface area contributed by atoms with Gasteiger partial charge >= 0.3 is 6.18 Å². The summed E-state index contributed by atoms with van der Waals surface area (Å²) in [7, 11) is -4.06. The maximum absolute atomic E-state index is 12.9. The molecule has 1 aliphatic rings. The van der Waals surface area contributed by atoms with Crippen molar-refractivity contribution in [1.82, 2.24) is 4.72 Å². The Kier molecular flexibility index (Phi) is 5.43. The molecule has 4 nitrogen and oxygen atoms in total. The van der Waals surface area contributed by atoms with Crippen LogP contribution in [0.15, 0.2) is 46.7 Å². The van der Waals surface area contributed by atoms with E-state index in [-0.39, 0.29) is 11.4 Å². The van der Waals surface area contributed by atoms with Crippen LogP contribution >= 0.6 is 11.3 Å². The quantitative estimate of drug-likeness (QED) is 0.823. The van der Waals surface area contributed by atoms with Gasteiger partial charge in [0.15, 0.2) is 0 Å². The molecule has 0 saturated carbocycles. The van der Waals surface area contributed by atoms with Crippen molar-refractivity contribution >= 4 is 21.4 Å². The van der Waals surface area contributed by atoms with Gasteiger partial charge in [0, 0.05) is 30.1 Å². The molecular weight excluding hydrogens is 387 g/mol. The summed E-state index contributed by atoms with van der Waals surface area (Å²) in [5.74, 6) is 0. The molecule has 0 unspecified atom stereocenters. The standard InChI is InChI=1S/C17H18F3NO3S2/c18-17(19,20)13-3-1-4-14(11-13)26(22,23)21-12-16(6-8-24-9-7-16)15-5-2-10-25-15/h1-5,10-11,21H,6-9,12H2. The normalized spacial score (nSPS) is 18.0. The lowest BCUT2D eigenvalue weighted by Crippen LogP contribution is -2.44. The molecule has 0 atom stereocenters. The Balaban J connectivity index is 1.83. The number of ether oxygens (including phenoxy) is 1. The van der Waals surface area contributed by atoms with E-state index in [4.69, 9.17) is 4.74 Å². The van der Waals surface area contributed by atoms with Crippen LogP contribution in [-0.2, 0) is 26.4 Å². The molecule has 0 aliphatic carbocycles. The highest BCUT2D eigenvalue weighted by atomic mass is 32.2. The number of alkyl halides is 3. The van der Waals surface area contributed by atoms with Gasteiger partial charge in [0.25, 0.3) is 0 Å². The van der Waals surface area contributed by atoms with E-state index < -0.39 is 27.2 Å². The first-order chi connectivity index (χ1) is 12.2. The van der Waals surface area contributed by atoms with Crippen molar-refractivity contribution in [1.29, 1.82) is 0 Å². The first-order valence-electron chi connectivity index (χ1n) is 8.02. The summed E-state index contributed by atoms with van der Waals surface area (Å²) in [5.41, 5.74) is -1.39. The van der Waals surface area contributed by atoms with Gasteiger partial charge in [-0.1, -0.05) is 12.1 Å². The number of halogens is 3. The van der Waals surface area contributed by atoms with Crippen LogP contribution in [0.3, 0.4) is 0 Å². The van der Waals surface area contributed by atoms with Crippen LogP contribution in [0.25, 0.3) is 0 Å². The number of thiophene rings is 1. The molecular formula is C17H18F3NO3S2. The van der Waals surface area contributed by atoms with Crippen LogP contribution in [0.1, 0.15) is 23.3 Å². The molecule has 1 aliphatic heterocycles. The molecule has 0 amide bonds. The first kappa shape index (κ1) is 19.3. The maximum atomic E-state index is 12.9. The summed E-state index contributed by atoms with van der Waals surface area (Å²) in [5, 5.41) is 1.92. The Morgan fingerprint density at radius 1 is 1.15 bits per heavy atom. The third kappa shape index (κ3) is 4.11. The molecule has 142 valence electrons. The average molecular weight is 405 g/mol. The lowest BCUT2D eigenvalue weighted by molar-refractivity contribution is -0.137. The zero-order chi connectivity index (χ0) is 18.8. The highest BCUT2D eigenvalue weighted by Crippen LogP contribution is 2.37. The Morgan fingerprint density at radius 2 is 1.88 bits per heavy atom. The lowest BCUT2D eigenvalue weighted by atomic mass is 9.79. The van der Waals surface area contributed by atoms with Gasteiger partial charge in [-0.3, -0.25) is 0 Å². The van der Waals surface area contributed by atoms with Gasteiger partial charge in [-0.2, -0.15) is 13.2 Å². The third-order valence-corrected chi connectivity index (χ3v) is 7.08. The van der Waals surface area contributed by atoms with E-state index in [9.17, 15) is 21.6 Å². The molecule has 0 bridgehead atoms. The van der Waals surface area contributed by atoms with Crippen molar-refractivity contribution in [3.8, 4) is 0 Å². The topological polar surface area (TPSA) is 55.4 Å². The van der Waals surface area contributed by atoms with Crippen LogP contribution in [0, 0.1) is 0 Å². The van der Waals surface area contributed by atoms with Crippen LogP contribution in [0.5, 0.6) is 0 Å².